The molecule has 0 aliphatic heterocycles. The van der Waals surface area contributed by atoms with Crippen molar-refractivity contribution < 1.29 is 4.39 Å². The fourth-order valence-corrected chi connectivity index (χ4v) is 2.82. The molecular formula is C18H21ClFN. The summed E-state index contributed by atoms with van der Waals surface area (Å²) >= 11 is 6.17. The predicted molar refractivity (Wildman–Crippen MR) is 87.4 cm³/mol. The molecule has 0 heterocycles. The molecule has 0 saturated carbocycles. The maximum atomic E-state index is 13.9. The van der Waals surface area contributed by atoms with Gasteiger partial charge in [-0.3, -0.25) is 0 Å². The zero-order valence-electron chi connectivity index (χ0n) is 12.7. The van der Waals surface area contributed by atoms with E-state index in [1.807, 2.05) is 32.0 Å². The van der Waals surface area contributed by atoms with E-state index >= 15 is 0 Å². The van der Waals surface area contributed by atoms with Gasteiger partial charge in [0.05, 0.1) is 0 Å². The van der Waals surface area contributed by atoms with Crippen LogP contribution >= 0.6 is 11.6 Å². The van der Waals surface area contributed by atoms with Gasteiger partial charge in [0.2, 0.25) is 0 Å². The fraction of sp³-hybridized carbons (Fsp3) is 0.333. The summed E-state index contributed by atoms with van der Waals surface area (Å²) in [5.41, 5.74) is 4.10. The zero-order chi connectivity index (χ0) is 15.4. The molecule has 0 fully saturated rings. The number of halogens is 2. The molecule has 1 nitrogen and oxygen atoms in total. The average molecular weight is 306 g/mol. The van der Waals surface area contributed by atoms with Gasteiger partial charge in [-0.2, -0.15) is 0 Å². The first-order valence-electron chi connectivity index (χ1n) is 7.26. The van der Waals surface area contributed by atoms with Crippen LogP contribution in [0.25, 0.3) is 0 Å². The Morgan fingerprint density at radius 1 is 1.14 bits per heavy atom. The molecule has 0 spiro atoms. The van der Waals surface area contributed by atoms with Crippen LogP contribution in [0.4, 0.5) is 4.39 Å². The van der Waals surface area contributed by atoms with Crippen molar-refractivity contribution in [2.45, 2.75) is 33.2 Å². The maximum absolute atomic E-state index is 13.9. The maximum Gasteiger partial charge on any atom is 0.126 e. The summed E-state index contributed by atoms with van der Waals surface area (Å²) in [6.45, 7) is 6.94. The molecule has 112 valence electrons. The summed E-state index contributed by atoms with van der Waals surface area (Å²) in [5.74, 6) is -0.149. The quantitative estimate of drug-likeness (QED) is 0.820. The van der Waals surface area contributed by atoms with Crippen molar-refractivity contribution in [1.29, 1.82) is 0 Å². The van der Waals surface area contributed by atoms with Gasteiger partial charge in [0.15, 0.2) is 0 Å². The number of nitrogens with one attached hydrogen (secondary N) is 1. The Balaban J connectivity index is 2.35. The average Bonchev–Trinajstić information content (AvgIpc) is 2.45. The molecule has 0 amide bonds. The lowest BCUT2D eigenvalue weighted by Gasteiger charge is -2.22. The monoisotopic (exact) mass is 305 g/mol. The van der Waals surface area contributed by atoms with E-state index in [2.05, 4.69) is 18.3 Å². The number of hydrogen-bond donors (Lipinski definition) is 1. The molecule has 0 saturated heterocycles. The lowest BCUT2D eigenvalue weighted by atomic mass is 9.93. The Labute approximate surface area is 131 Å². The molecule has 2 rings (SSSR count). The molecule has 1 unspecified atom stereocenters. The summed E-state index contributed by atoms with van der Waals surface area (Å²) in [6.07, 6.45) is 0.627. The van der Waals surface area contributed by atoms with Crippen molar-refractivity contribution in [2.75, 3.05) is 6.54 Å². The van der Waals surface area contributed by atoms with E-state index in [1.165, 1.54) is 11.6 Å². The second-order valence-electron chi connectivity index (χ2n) is 5.36. The van der Waals surface area contributed by atoms with Gasteiger partial charge in [0.25, 0.3) is 0 Å². The number of rotatable bonds is 5. The van der Waals surface area contributed by atoms with Gasteiger partial charge in [-0.15, -0.1) is 0 Å². The van der Waals surface area contributed by atoms with Crippen LogP contribution in [-0.4, -0.2) is 6.54 Å². The van der Waals surface area contributed by atoms with Crippen LogP contribution in [0.1, 0.15) is 35.2 Å². The van der Waals surface area contributed by atoms with E-state index in [4.69, 9.17) is 11.6 Å². The van der Waals surface area contributed by atoms with E-state index in [1.54, 1.807) is 6.07 Å². The minimum atomic E-state index is -0.149. The Bertz CT molecular complexity index is 625. The van der Waals surface area contributed by atoms with Crippen molar-refractivity contribution in [3.8, 4) is 0 Å². The van der Waals surface area contributed by atoms with E-state index in [0.717, 1.165) is 28.3 Å². The Hall–Kier alpha value is -1.38. The molecule has 1 atom stereocenters. The molecule has 0 aliphatic carbocycles. The first-order valence-corrected chi connectivity index (χ1v) is 7.64. The molecule has 2 aromatic rings. The molecule has 0 bridgehead atoms. The van der Waals surface area contributed by atoms with Gasteiger partial charge in [-0.1, -0.05) is 42.8 Å². The van der Waals surface area contributed by atoms with Gasteiger partial charge in [0.1, 0.15) is 5.82 Å². The third kappa shape index (κ3) is 3.84. The van der Waals surface area contributed by atoms with Crippen LogP contribution in [0.15, 0.2) is 36.4 Å². The molecule has 0 radical (unpaired) electrons. The van der Waals surface area contributed by atoms with Gasteiger partial charge in [-0.25, -0.2) is 4.39 Å². The summed E-state index contributed by atoms with van der Waals surface area (Å²) in [5, 5.41) is 4.23. The Morgan fingerprint density at radius 2 is 1.86 bits per heavy atom. The second-order valence-corrected chi connectivity index (χ2v) is 5.77. The minimum Gasteiger partial charge on any atom is -0.310 e. The van der Waals surface area contributed by atoms with E-state index in [0.29, 0.717) is 6.42 Å². The van der Waals surface area contributed by atoms with Crippen LogP contribution in [0, 0.1) is 19.7 Å². The second kappa shape index (κ2) is 7.06. The predicted octanol–water partition coefficient (Wildman–Crippen LogP) is 4.99. The van der Waals surface area contributed by atoms with E-state index in [-0.39, 0.29) is 11.9 Å². The van der Waals surface area contributed by atoms with Crippen molar-refractivity contribution in [3.05, 3.63) is 69.5 Å². The highest BCUT2D eigenvalue weighted by Crippen LogP contribution is 2.27. The molecule has 0 aromatic heterocycles. The van der Waals surface area contributed by atoms with Gasteiger partial charge in [0, 0.05) is 11.1 Å². The highest BCUT2D eigenvalue weighted by Gasteiger charge is 2.16. The first kappa shape index (κ1) is 16.0. The first-order chi connectivity index (χ1) is 10.0. The van der Waals surface area contributed by atoms with Crippen LogP contribution in [0.5, 0.6) is 0 Å². The number of likely N-dealkylation sites (N-methyl/N-ethyl adjacent to an activating group) is 1. The van der Waals surface area contributed by atoms with Crippen molar-refractivity contribution in [3.63, 3.8) is 0 Å². The van der Waals surface area contributed by atoms with Crippen molar-refractivity contribution >= 4 is 11.6 Å². The molecule has 1 N–H and O–H groups in total. The molecular weight excluding hydrogens is 285 g/mol. The lowest BCUT2D eigenvalue weighted by molar-refractivity contribution is 0.526. The Morgan fingerprint density at radius 3 is 2.52 bits per heavy atom. The van der Waals surface area contributed by atoms with Gasteiger partial charge < -0.3 is 5.32 Å². The number of aryl methyl sites for hydroxylation is 2. The molecule has 21 heavy (non-hydrogen) atoms. The standard InChI is InChI=1S/C18H21ClFN/c1-4-21-18(11-14-7-5-6-8-17(14)20)15-9-13(3)16(19)10-12(15)2/h5-10,18,21H,4,11H2,1-3H3. The SMILES string of the molecule is CCNC(Cc1ccccc1F)c1cc(C)c(Cl)cc1C. The zero-order valence-corrected chi connectivity index (χ0v) is 13.5. The van der Waals surface area contributed by atoms with Crippen molar-refractivity contribution in [1.82, 2.24) is 5.32 Å². The van der Waals surface area contributed by atoms with Crippen LogP contribution < -0.4 is 5.32 Å². The molecule has 3 heteroatoms. The number of benzene rings is 2. The molecule has 2 aromatic carbocycles. The Kier molecular flexibility index (Phi) is 5.38. The smallest absolute Gasteiger partial charge is 0.126 e. The van der Waals surface area contributed by atoms with E-state index < -0.39 is 0 Å². The molecule has 0 aliphatic rings. The third-order valence-electron chi connectivity index (χ3n) is 3.76. The lowest BCUT2D eigenvalue weighted by Crippen LogP contribution is -2.24. The van der Waals surface area contributed by atoms with Crippen LogP contribution in [-0.2, 0) is 6.42 Å². The summed E-state index contributed by atoms with van der Waals surface area (Å²) < 4.78 is 13.9. The van der Waals surface area contributed by atoms with Crippen molar-refractivity contribution in [2.24, 2.45) is 0 Å². The topological polar surface area (TPSA) is 12.0 Å². The van der Waals surface area contributed by atoms with E-state index in [9.17, 15) is 4.39 Å². The number of hydrogen-bond acceptors (Lipinski definition) is 1. The van der Waals surface area contributed by atoms with Crippen LogP contribution in [0.2, 0.25) is 5.02 Å². The summed E-state index contributed by atoms with van der Waals surface area (Å²) in [4.78, 5) is 0. The minimum absolute atomic E-state index is 0.0860. The summed E-state index contributed by atoms with van der Waals surface area (Å²) in [7, 11) is 0. The highest BCUT2D eigenvalue weighted by atomic mass is 35.5. The largest absolute Gasteiger partial charge is 0.310 e. The van der Waals surface area contributed by atoms with Gasteiger partial charge >= 0.3 is 0 Å². The fourth-order valence-electron chi connectivity index (χ4n) is 2.60. The van der Waals surface area contributed by atoms with Gasteiger partial charge in [-0.05, 0) is 61.2 Å². The highest BCUT2D eigenvalue weighted by molar-refractivity contribution is 6.31. The third-order valence-corrected chi connectivity index (χ3v) is 4.16. The normalized spacial score (nSPS) is 12.4. The summed E-state index contributed by atoms with van der Waals surface area (Å²) in [6, 6.07) is 11.1. The van der Waals surface area contributed by atoms with Crippen LogP contribution in [0.3, 0.4) is 0 Å².